The van der Waals surface area contributed by atoms with Gasteiger partial charge in [0.25, 0.3) is 0 Å². The third-order valence-electron chi connectivity index (χ3n) is 5.12. The van der Waals surface area contributed by atoms with E-state index in [-0.39, 0.29) is 17.5 Å². The molecule has 1 aromatic heterocycles. The molecule has 0 unspecified atom stereocenters. The highest BCUT2D eigenvalue weighted by molar-refractivity contribution is 5.83. The second-order valence-corrected chi connectivity index (χ2v) is 6.97. The smallest absolute Gasteiger partial charge is 0.223 e. The number of aromatic nitrogens is 1. The summed E-state index contributed by atoms with van der Waals surface area (Å²) in [5, 5.41) is 1.28. The van der Waals surface area contributed by atoms with Gasteiger partial charge in [-0.15, -0.1) is 0 Å². The lowest BCUT2D eigenvalue weighted by molar-refractivity contribution is -0.130. The van der Waals surface area contributed by atoms with E-state index in [0.29, 0.717) is 37.7 Å². The first-order valence-corrected chi connectivity index (χ1v) is 9.36. The van der Waals surface area contributed by atoms with Crippen molar-refractivity contribution in [2.24, 2.45) is 0 Å². The largest absolute Gasteiger partial charge is 0.339 e. The molecule has 1 amide bonds. The van der Waals surface area contributed by atoms with E-state index < -0.39 is 0 Å². The fraction of sp³-hybridized carbons (Fsp3) is 0.217. The maximum absolute atomic E-state index is 13.7. The van der Waals surface area contributed by atoms with Crippen LogP contribution in [0.3, 0.4) is 0 Å². The molecular formula is C23H20F2N2O. The number of amides is 1. The van der Waals surface area contributed by atoms with Crippen LogP contribution in [0, 0.1) is 11.6 Å². The van der Waals surface area contributed by atoms with Gasteiger partial charge in [0.2, 0.25) is 5.91 Å². The molecular weight excluding hydrogens is 358 g/mol. The lowest BCUT2D eigenvalue weighted by Crippen LogP contribution is -2.34. The van der Waals surface area contributed by atoms with Gasteiger partial charge >= 0.3 is 0 Å². The zero-order valence-electron chi connectivity index (χ0n) is 15.4. The lowest BCUT2D eigenvalue weighted by Gasteiger charge is -2.26. The highest BCUT2D eigenvalue weighted by Gasteiger charge is 2.18. The number of aryl methyl sites for hydroxylation is 1. The Morgan fingerprint density at radius 3 is 2.75 bits per heavy atom. The first-order chi connectivity index (χ1) is 13.6. The normalized spacial score (nSPS) is 14.2. The summed E-state index contributed by atoms with van der Waals surface area (Å²) < 4.78 is 27.1. The number of nitrogens with zero attached hydrogens (tertiary/aromatic N) is 2. The molecule has 4 rings (SSSR count). The fourth-order valence-corrected chi connectivity index (χ4v) is 3.56. The lowest BCUT2D eigenvalue weighted by atomic mass is 9.99. The van der Waals surface area contributed by atoms with Gasteiger partial charge in [-0.3, -0.25) is 9.78 Å². The van der Waals surface area contributed by atoms with Crippen LogP contribution in [0.25, 0.3) is 16.3 Å². The minimum atomic E-state index is -0.290. The average molecular weight is 378 g/mol. The average Bonchev–Trinajstić information content (AvgIpc) is 2.72. The second kappa shape index (κ2) is 7.89. The zero-order chi connectivity index (χ0) is 19.5. The number of pyridine rings is 1. The summed E-state index contributed by atoms with van der Waals surface area (Å²) in [6.45, 7) is 1.15. The Morgan fingerprint density at radius 2 is 1.96 bits per heavy atom. The summed E-state index contributed by atoms with van der Waals surface area (Å²) in [6, 6.07) is 13.3. The van der Waals surface area contributed by atoms with Crippen LogP contribution in [0.1, 0.15) is 24.1 Å². The van der Waals surface area contributed by atoms with Crippen LogP contribution >= 0.6 is 0 Å². The quantitative estimate of drug-likeness (QED) is 0.656. The number of hydrogen-bond acceptors (Lipinski definition) is 2. The van der Waals surface area contributed by atoms with Crippen molar-refractivity contribution in [2.75, 3.05) is 13.1 Å². The maximum atomic E-state index is 13.7. The molecule has 0 atom stereocenters. The van der Waals surface area contributed by atoms with Gasteiger partial charge in [0, 0.05) is 36.8 Å². The SMILES string of the molecule is O=C(CCc1cc2cccc(F)c2cn1)N1CC=C(c2cccc(F)c2)CC1. The molecule has 0 N–H and O–H groups in total. The van der Waals surface area contributed by atoms with Crippen molar-refractivity contribution in [3.05, 3.63) is 83.7 Å². The van der Waals surface area contributed by atoms with E-state index in [1.165, 1.54) is 24.4 Å². The Labute approximate surface area is 162 Å². The predicted octanol–water partition coefficient (Wildman–Crippen LogP) is 4.76. The maximum Gasteiger partial charge on any atom is 0.223 e. The summed E-state index contributed by atoms with van der Waals surface area (Å²) in [6.07, 6.45) is 5.11. The number of carbonyl (C=O) groups is 1. The van der Waals surface area contributed by atoms with Crippen molar-refractivity contribution >= 4 is 22.3 Å². The molecule has 3 aromatic rings. The van der Waals surface area contributed by atoms with E-state index in [2.05, 4.69) is 4.98 Å². The van der Waals surface area contributed by atoms with E-state index in [1.807, 2.05) is 29.2 Å². The second-order valence-electron chi connectivity index (χ2n) is 6.97. The van der Waals surface area contributed by atoms with E-state index in [1.54, 1.807) is 12.1 Å². The number of fused-ring (bicyclic) bond motifs is 1. The van der Waals surface area contributed by atoms with Crippen LogP contribution in [0.5, 0.6) is 0 Å². The van der Waals surface area contributed by atoms with E-state index in [9.17, 15) is 13.6 Å². The van der Waals surface area contributed by atoms with Gasteiger partial charge in [-0.1, -0.05) is 30.3 Å². The Morgan fingerprint density at radius 1 is 1.11 bits per heavy atom. The third kappa shape index (κ3) is 3.93. The molecule has 2 heterocycles. The molecule has 5 heteroatoms. The summed E-state index contributed by atoms with van der Waals surface area (Å²) in [5.41, 5.74) is 2.72. The summed E-state index contributed by atoms with van der Waals surface area (Å²) in [5.74, 6) is -0.475. The Balaban J connectivity index is 1.37. The van der Waals surface area contributed by atoms with Gasteiger partial charge in [0.05, 0.1) is 0 Å². The molecule has 0 saturated carbocycles. The van der Waals surface area contributed by atoms with Crippen LogP contribution in [-0.2, 0) is 11.2 Å². The van der Waals surface area contributed by atoms with Gasteiger partial charge in [-0.25, -0.2) is 8.78 Å². The van der Waals surface area contributed by atoms with E-state index in [0.717, 1.165) is 22.2 Å². The van der Waals surface area contributed by atoms with E-state index in [4.69, 9.17) is 0 Å². The first kappa shape index (κ1) is 18.3. The monoisotopic (exact) mass is 378 g/mol. The third-order valence-corrected chi connectivity index (χ3v) is 5.12. The summed E-state index contributed by atoms with van der Waals surface area (Å²) in [7, 11) is 0. The topological polar surface area (TPSA) is 33.2 Å². The molecule has 0 aliphatic carbocycles. The zero-order valence-corrected chi connectivity index (χ0v) is 15.4. The number of rotatable bonds is 4. The van der Waals surface area contributed by atoms with Crippen LogP contribution in [-0.4, -0.2) is 28.9 Å². The van der Waals surface area contributed by atoms with Crippen molar-refractivity contribution < 1.29 is 13.6 Å². The molecule has 0 saturated heterocycles. The minimum absolute atomic E-state index is 0.0654. The van der Waals surface area contributed by atoms with Crippen molar-refractivity contribution in [3.8, 4) is 0 Å². The summed E-state index contributed by atoms with van der Waals surface area (Å²) in [4.78, 5) is 18.6. The van der Waals surface area contributed by atoms with Crippen LogP contribution in [0.15, 0.2) is 60.8 Å². The number of carbonyl (C=O) groups excluding carboxylic acids is 1. The molecule has 2 aromatic carbocycles. The van der Waals surface area contributed by atoms with Gasteiger partial charge in [0.1, 0.15) is 11.6 Å². The Hall–Kier alpha value is -3.08. The van der Waals surface area contributed by atoms with Crippen molar-refractivity contribution in [1.29, 1.82) is 0 Å². The fourth-order valence-electron chi connectivity index (χ4n) is 3.56. The van der Waals surface area contributed by atoms with Gasteiger partial charge in [-0.05, 0) is 53.6 Å². The van der Waals surface area contributed by atoms with Crippen molar-refractivity contribution in [2.45, 2.75) is 19.3 Å². The number of hydrogen-bond donors (Lipinski definition) is 0. The Kier molecular flexibility index (Phi) is 5.15. The van der Waals surface area contributed by atoms with E-state index >= 15 is 0 Å². The molecule has 0 bridgehead atoms. The predicted molar refractivity (Wildman–Crippen MR) is 106 cm³/mol. The molecule has 0 radical (unpaired) electrons. The minimum Gasteiger partial charge on any atom is -0.339 e. The first-order valence-electron chi connectivity index (χ1n) is 9.36. The number of halogens is 2. The van der Waals surface area contributed by atoms with Gasteiger partial charge < -0.3 is 4.90 Å². The van der Waals surface area contributed by atoms with Gasteiger partial charge in [0.15, 0.2) is 0 Å². The van der Waals surface area contributed by atoms with Crippen LogP contribution in [0.4, 0.5) is 8.78 Å². The van der Waals surface area contributed by atoms with Gasteiger partial charge in [-0.2, -0.15) is 0 Å². The molecule has 3 nitrogen and oxygen atoms in total. The Bertz CT molecular complexity index is 1060. The molecule has 1 aliphatic rings. The van der Waals surface area contributed by atoms with Crippen LogP contribution in [0.2, 0.25) is 0 Å². The highest BCUT2D eigenvalue weighted by Crippen LogP contribution is 2.23. The van der Waals surface area contributed by atoms with Crippen molar-refractivity contribution in [3.63, 3.8) is 0 Å². The number of benzene rings is 2. The van der Waals surface area contributed by atoms with Crippen LogP contribution < -0.4 is 0 Å². The molecule has 0 spiro atoms. The standard InChI is InChI=1S/C23H20F2N2O/c24-19-5-1-3-17(13-19)16-9-11-27(12-10-16)23(28)8-7-20-14-18-4-2-6-22(25)21(18)15-26-20/h1-6,9,13-15H,7-8,10-12H2. The molecule has 142 valence electrons. The highest BCUT2D eigenvalue weighted by atomic mass is 19.1. The van der Waals surface area contributed by atoms with Crippen molar-refractivity contribution in [1.82, 2.24) is 9.88 Å². The molecule has 1 aliphatic heterocycles. The molecule has 0 fully saturated rings. The summed E-state index contributed by atoms with van der Waals surface area (Å²) >= 11 is 0. The molecule has 28 heavy (non-hydrogen) atoms.